The van der Waals surface area contributed by atoms with E-state index < -0.39 is 26.7 Å². The van der Waals surface area contributed by atoms with Crippen LogP contribution in [0.15, 0.2) is 52.7 Å². The van der Waals surface area contributed by atoms with Crippen LogP contribution in [0.25, 0.3) is 0 Å². The molecule has 4 rings (SSSR count). The molecule has 2 heterocycles. The van der Waals surface area contributed by atoms with Gasteiger partial charge in [0.1, 0.15) is 4.90 Å². The van der Waals surface area contributed by atoms with Gasteiger partial charge in [-0.25, -0.2) is 13.4 Å². The Morgan fingerprint density at radius 2 is 1.67 bits per heavy atom. The van der Waals surface area contributed by atoms with Crippen molar-refractivity contribution in [3.05, 3.63) is 74.7 Å². The van der Waals surface area contributed by atoms with Crippen LogP contribution < -0.4 is 4.90 Å². The highest BCUT2D eigenvalue weighted by molar-refractivity contribution is 7.89. The lowest BCUT2D eigenvalue weighted by atomic mass is 10.1. The van der Waals surface area contributed by atoms with Crippen molar-refractivity contribution in [2.24, 2.45) is 0 Å². The summed E-state index contributed by atoms with van der Waals surface area (Å²) in [6.07, 6.45) is -4.02. The summed E-state index contributed by atoms with van der Waals surface area (Å²) < 4.78 is 66.3. The summed E-state index contributed by atoms with van der Waals surface area (Å²) in [6, 6.07) is 9.83. The van der Waals surface area contributed by atoms with Crippen LogP contribution in [0.5, 0.6) is 0 Å². The predicted octanol–water partition coefficient (Wildman–Crippen LogP) is 5.57. The van der Waals surface area contributed by atoms with Gasteiger partial charge in [0.25, 0.3) is 0 Å². The summed E-state index contributed by atoms with van der Waals surface area (Å²) in [4.78, 5) is 6.08. The van der Waals surface area contributed by atoms with Gasteiger partial charge in [-0.05, 0) is 35.9 Å². The van der Waals surface area contributed by atoms with Crippen LogP contribution >= 0.6 is 34.5 Å². The van der Waals surface area contributed by atoms with Crippen molar-refractivity contribution < 1.29 is 21.6 Å². The van der Waals surface area contributed by atoms with Crippen LogP contribution in [-0.2, 0) is 22.6 Å². The van der Waals surface area contributed by atoms with E-state index in [9.17, 15) is 21.6 Å². The van der Waals surface area contributed by atoms with Gasteiger partial charge in [0.15, 0.2) is 5.13 Å². The average molecular weight is 536 g/mol. The maximum atomic E-state index is 13.1. The van der Waals surface area contributed by atoms with Gasteiger partial charge < -0.3 is 4.90 Å². The Morgan fingerprint density at radius 1 is 1.00 bits per heavy atom. The number of piperazine rings is 1. The third-order valence-electron chi connectivity index (χ3n) is 5.22. The quantitative estimate of drug-likeness (QED) is 0.428. The molecular weight excluding hydrogens is 518 g/mol. The number of aromatic nitrogens is 1. The van der Waals surface area contributed by atoms with Crippen molar-refractivity contribution in [2.45, 2.75) is 17.5 Å². The molecule has 0 radical (unpaired) electrons. The van der Waals surface area contributed by atoms with Crippen LogP contribution in [0, 0.1) is 0 Å². The molecule has 12 heteroatoms. The Balaban J connectivity index is 1.44. The molecule has 3 aromatic rings. The monoisotopic (exact) mass is 535 g/mol. The molecule has 0 bridgehead atoms. The van der Waals surface area contributed by atoms with Crippen LogP contribution in [0.2, 0.25) is 10.0 Å². The van der Waals surface area contributed by atoms with Crippen LogP contribution in [0.1, 0.15) is 16.8 Å². The molecule has 1 aliphatic rings. The van der Waals surface area contributed by atoms with E-state index in [4.69, 9.17) is 23.2 Å². The van der Waals surface area contributed by atoms with Crippen molar-refractivity contribution in [2.75, 3.05) is 31.1 Å². The second-order valence-electron chi connectivity index (χ2n) is 7.46. The molecule has 0 saturated carbocycles. The Morgan fingerprint density at radius 3 is 2.30 bits per heavy atom. The minimum absolute atomic E-state index is 0.112. The SMILES string of the molecule is O=S(=O)(c1cc(C(F)(F)F)ccc1Cl)N1CCN(c2nc(Cc3ccc(Cl)cc3)cs2)CC1. The lowest BCUT2D eigenvalue weighted by molar-refractivity contribution is -0.137. The fourth-order valence-corrected chi connectivity index (χ4v) is 6.40. The second kappa shape index (κ2) is 9.42. The third-order valence-corrected chi connectivity index (χ3v) is 8.81. The van der Waals surface area contributed by atoms with E-state index in [1.165, 1.54) is 11.3 Å². The van der Waals surface area contributed by atoms with E-state index in [0.717, 1.165) is 32.8 Å². The Bertz CT molecular complexity index is 1240. The standard InChI is InChI=1S/C21H18Cl2F3N3O2S2/c22-16-4-1-14(2-5-16)11-17-13-32-20(27-17)28-7-9-29(10-8-28)33(30,31)19-12-15(21(24,25)26)3-6-18(19)23/h1-6,12-13H,7-11H2. The van der Waals surface area contributed by atoms with Crippen molar-refractivity contribution in [1.82, 2.24) is 9.29 Å². The smallest absolute Gasteiger partial charge is 0.345 e. The topological polar surface area (TPSA) is 53.5 Å². The number of alkyl halides is 3. The van der Waals surface area contributed by atoms with Crippen molar-refractivity contribution in [1.29, 1.82) is 0 Å². The van der Waals surface area contributed by atoms with Gasteiger partial charge in [-0.1, -0.05) is 35.3 Å². The molecule has 2 aromatic carbocycles. The molecule has 5 nitrogen and oxygen atoms in total. The van der Waals surface area contributed by atoms with Crippen LogP contribution in [-0.4, -0.2) is 43.9 Å². The highest BCUT2D eigenvalue weighted by atomic mass is 35.5. The largest absolute Gasteiger partial charge is 0.416 e. The first-order chi connectivity index (χ1) is 15.5. The fraction of sp³-hybridized carbons (Fsp3) is 0.286. The van der Waals surface area contributed by atoms with Gasteiger partial charge in [0, 0.05) is 43.0 Å². The van der Waals surface area contributed by atoms with E-state index in [2.05, 4.69) is 4.98 Å². The van der Waals surface area contributed by atoms with E-state index in [-0.39, 0.29) is 18.1 Å². The number of rotatable bonds is 5. The third kappa shape index (κ3) is 5.46. The van der Waals surface area contributed by atoms with Gasteiger partial charge in [0.2, 0.25) is 10.0 Å². The number of halogens is 5. The first-order valence-corrected chi connectivity index (χ1v) is 12.9. The zero-order valence-electron chi connectivity index (χ0n) is 17.0. The van der Waals surface area contributed by atoms with Gasteiger partial charge in [-0.15, -0.1) is 11.3 Å². The van der Waals surface area contributed by atoms with Crippen molar-refractivity contribution in [3.8, 4) is 0 Å². The molecule has 1 saturated heterocycles. The second-order valence-corrected chi connectivity index (χ2v) is 11.0. The van der Waals surface area contributed by atoms with Crippen molar-refractivity contribution in [3.63, 3.8) is 0 Å². The summed E-state index contributed by atoms with van der Waals surface area (Å²) in [5.41, 5.74) is 0.911. The maximum Gasteiger partial charge on any atom is 0.416 e. The van der Waals surface area contributed by atoms with Gasteiger partial charge in [0.05, 0.1) is 16.3 Å². The minimum atomic E-state index is -4.66. The molecule has 0 atom stereocenters. The molecule has 33 heavy (non-hydrogen) atoms. The molecule has 0 unspecified atom stereocenters. The molecule has 0 amide bonds. The fourth-order valence-electron chi connectivity index (χ4n) is 3.47. The van der Waals surface area contributed by atoms with E-state index >= 15 is 0 Å². The van der Waals surface area contributed by atoms with E-state index in [1.54, 1.807) is 0 Å². The van der Waals surface area contributed by atoms with E-state index in [0.29, 0.717) is 30.6 Å². The average Bonchev–Trinajstić information content (AvgIpc) is 3.23. The van der Waals surface area contributed by atoms with Crippen LogP contribution in [0.3, 0.4) is 0 Å². The molecule has 1 aliphatic heterocycles. The molecule has 0 N–H and O–H groups in total. The summed E-state index contributed by atoms with van der Waals surface area (Å²) >= 11 is 13.3. The first-order valence-electron chi connectivity index (χ1n) is 9.85. The Kier molecular flexibility index (Phi) is 6.93. The minimum Gasteiger partial charge on any atom is -0.345 e. The van der Waals surface area contributed by atoms with Gasteiger partial charge in [-0.2, -0.15) is 17.5 Å². The highest BCUT2D eigenvalue weighted by Gasteiger charge is 2.35. The zero-order chi connectivity index (χ0) is 23.8. The number of anilines is 1. The summed E-state index contributed by atoms with van der Waals surface area (Å²) in [6.45, 7) is 0.954. The molecule has 1 aromatic heterocycles. The number of hydrogen-bond donors (Lipinski definition) is 0. The normalized spacial score (nSPS) is 15.7. The number of sulfonamides is 1. The Hall–Kier alpha value is -1.85. The maximum absolute atomic E-state index is 13.1. The summed E-state index contributed by atoms with van der Waals surface area (Å²) in [5.74, 6) is 0. The number of hydrogen-bond acceptors (Lipinski definition) is 5. The lowest BCUT2D eigenvalue weighted by Crippen LogP contribution is -2.48. The van der Waals surface area contributed by atoms with E-state index in [1.807, 2.05) is 34.5 Å². The number of nitrogens with zero attached hydrogens (tertiary/aromatic N) is 3. The van der Waals surface area contributed by atoms with Gasteiger partial charge >= 0.3 is 6.18 Å². The molecule has 0 spiro atoms. The molecule has 0 aliphatic carbocycles. The van der Waals surface area contributed by atoms with Crippen molar-refractivity contribution >= 4 is 49.7 Å². The highest BCUT2D eigenvalue weighted by Crippen LogP contribution is 2.35. The first kappa shape index (κ1) is 24.3. The number of thiazole rings is 1. The molecular formula is C21H18Cl2F3N3O2S2. The van der Waals surface area contributed by atoms with Gasteiger partial charge in [-0.3, -0.25) is 0 Å². The lowest BCUT2D eigenvalue weighted by Gasteiger charge is -2.34. The number of benzene rings is 2. The Labute approximate surface area is 203 Å². The summed E-state index contributed by atoms with van der Waals surface area (Å²) in [7, 11) is -4.17. The van der Waals surface area contributed by atoms with Crippen LogP contribution in [0.4, 0.5) is 18.3 Å². The molecule has 1 fully saturated rings. The summed E-state index contributed by atoms with van der Waals surface area (Å²) in [5, 5.41) is 3.15. The zero-order valence-corrected chi connectivity index (χ0v) is 20.2. The predicted molar refractivity (Wildman–Crippen MR) is 124 cm³/mol. The molecule has 176 valence electrons.